The fourth-order valence-corrected chi connectivity index (χ4v) is 5.20. The van der Waals surface area contributed by atoms with E-state index in [2.05, 4.69) is 6.07 Å². The minimum atomic E-state index is -0.611. The van der Waals surface area contributed by atoms with Gasteiger partial charge in [-0.1, -0.05) is 18.2 Å². The van der Waals surface area contributed by atoms with Gasteiger partial charge in [0.2, 0.25) is 5.91 Å². The summed E-state index contributed by atoms with van der Waals surface area (Å²) in [5.74, 6) is -0.876. The summed E-state index contributed by atoms with van der Waals surface area (Å²) in [6.07, 6.45) is 0.814. The molecule has 1 fully saturated rings. The standard InChI is InChI=1S/C31H33F2N3O3/c1-30(2,3)39-29(38)36-13-11-31(12-14-36,24-5-7-25(32)8-6-24)18-28(37)35(4)20-23-16-21(19-34)15-22-17-26(33)9-10-27(22)23/h5-10,15-17H,11-14,18,20H2,1-4H3. The van der Waals surface area contributed by atoms with Crippen molar-refractivity contribution >= 4 is 22.8 Å². The summed E-state index contributed by atoms with van der Waals surface area (Å²) in [6, 6.07) is 16.1. The summed E-state index contributed by atoms with van der Waals surface area (Å²) in [5.41, 5.74) is 0.788. The van der Waals surface area contributed by atoms with Gasteiger partial charge < -0.3 is 14.5 Å². The highest BCUT2D eigenvalue weighted by Gasteiger charge is 2.40. The number of nitriles is 1. The van der Waals surface area contributed by atoms with Crippen LogP contribution >= 0.6 is 0 Å². The van der Waals surface area contributed by atoms with E-state index in [1.165, 1.54) is 24.3 Å². The van der Waals surface area contributed by atoms with Crippen molar-refractivity contribution in [2.24, 2.45) is 0 Å². The van der Waals surface area contributed by atoms with E-state index in [4.69, 9.17) is 4.74 Å². The first-order valence-corrected chi connectivity index (χ1v) is 13.0. The zero-order chi connectivity index (χ0) is 28.4. The highest BCUT2D eigenvalue weighted by atomic mass is 19.1. The van der Waals surface area contributed by atoms with Gasteiger partial charge in [-0.2, -0.15) is 5.26 Å². The van der Waals surface area contributed by atoms with Crippen molar-refractivity contribution in [1.82, 2.24) is 9.80 Å². The average Bonchev–Trinajstić information content (AvgIpc) is 2.87. The van der Waals surface area contributed by atoms with Gasteiger partial charge in [0, 0.05) is 38.5 Å². The molecule has 1 aliphatic heterocycles. The van der Waals surface area contributed by atoms with Crippen LogP contribution in [0.15, 0.2) is 54.6 Å². The molecule has 3 aromatic carbocycles. The first-order chi connectivity index (χ1) is 18.4. The lowest BCUT2D eigenvalue weighted by atomic mass is 9.70. The molecule has 0 radical (unpaired) electrons. The van der Waals surface area contributed by atoms with Crippen LogP contribution in [0.4, 0.5) is 13.6 Å². The van der Waals surface area contributed by atoms with Crippen molar-refractivity contribution in [2.75, 3.05) is 20.1 Å². The summed E-state index contributed by atoms with van der Waals surface area (Å²) in [4.78, 5) is 29.5. The summed E-state index contributed by atoms with van der Waals surface area (Å²) in [5, 5.41) is 10.8. The van der Waals surface area contributed by atoms with Crippen LogP contribution in [0.1, 0.15) is 56.7 Å². The Labute approximate surface area is 227 Å². The highest BCUT2D eigenvalue weighted by molar-refractivity contribution is 5.88. The number of hydrogen-bond acceptors (Lipinski definition) is 4. The lowest BCUT2D eigenvalue weighted by Gasteiger charge is -2.42. The summed E-state index contributed by atoms with van der Waals surface area (Å²) in [7, 11) is 1.70. The molecule has 1 aliphatic rings. The number of likely N-dealkylation sites (tertiary alicyclic amines) is 1. The molecule has 0 aromatic heterocycles. The van der Waals surface area contributed by atoms with E-state index in [1.54, 1.807) is 47.2 Å². The smallest absolute Gasteiger partial charge is 0.410 e. The number of halogens is 2. The van der Waals surface area contributed by atoms with E-state index in [1.807, 2.05) is 20.8 Å². The molecule has 0 atom stereocenters. The Balaban J connectivity index is 1.56. The van der Waals surface area contributed by atoms with E-state index < -0.39 is 16.8 Å². The van der Waals surface area contributed by atoms with Crippen molar-refractivity contribution in [3.8, 4) is 6.07 Å². The number of nitrogens with zero attached hydrogens (tertiary/aromatic N) is 3. The molecule has 0 bridgehead atoms. The van der Waals surface area contributed by atoms with Gasteiger partial charge in [0.15, 0.2) is 0 Å². The molecule has 2 amide bonds. The summed E-state index contributed by atoms with van der Waals surface area (Å²) >= 11 is 0. The van der Waals surface area contributed by atoms with E-state index in [-0.39, 0.29) is 30.8 Å². The van der Waals surface area contributed by atoms with Crippen molar-refractivity contribution in [3.05, 3.63) is 82.9 Å². The van der Waals surface area contributed by atoms with Crippen molar-refractivity contribution in [2.45, 2.75) is 57.6 Å². The first-order valence-electron chi connectivity index (χ1n) is 13.0. The van der Waals surface area contributed by atoms with Crippen LogP contribution in [-0.2, 0) is 21.5 Å². The Hall–Kier alpha value is -3.99. The topological polar surface area (TPSA) is 73.6 Å². The van der Waals surface area contributed by atoms with Crippen LogP contribution in [0.3, 0.4) is 0 Å². The Bertz CT molecular complexity index is 1420. The number of rotatable bonds is 5. The van der Waals surface area contributed by atoms with Crippen molar-refractivity contribution in [1.29, 1.82) is 5.26 Å². The number of ether oxygens (including phenoxy) is 1. The van der Waals surface area contributed by atoms with Gasteiger partial charge >= 0.3 is 6.09 Å². The number of benzene rings is 3. The Morgan fingerprint density at radius 1 is 1.03 bits per heavy atom. The van der Waals surface area contributed by atoms with Gasteiger partial charge in [-0.25, -0.2) is 13.6 Å². The van der Waals surface area contributed by atoms with Crippen LogP contribution in [0.5, 0.6) is 0 Å². The van der Waals surface area contributed by atoms with Gasteiger partial charge in [0.05, 0.1) is 11.6 Å². The van der Waals surface area contributed by atoms with E-state index in [0.29, 0.717) is 36.9 Å². The van der Waals surface area contributed by atoms with Gasteiger partial charge in [-0.15, -0.1) is 0 Å². The number of piperidine rings is 1. The fraction of sp³-hybridized carbons (Fsp3) is 0.387. The first kappa shape index (κ1) is 28.0. The van der Waals surface area contributed by atoms with Crippen LogP contribution in [-0.4, -0.2) is 47.5 Å². The molecule has 0 spiro atoms. The molecule has 4 rings (SSSR count). The second-order valence-corrected chi connectivity index (χ2v) is 11.3. The third-order valence-electron chi connectivity index (χ3n) is 7.28. The number of hydrogen-bond donors (Lipinski definition) is 0. The van der Waals surface area contributed by atoms with Crippen molar-refractivity contribution in [3.63, 3.8) is 0 Å². The monoisotopic (exact) mass is 533 g/mol. The number of carbonyl (C=O) groups excluding carboxylic acids is 2. The summed E-state index contributed by atoms with van der Waals surface area (Å²) < 4.78 is 33.1. The lowest BCUT2D eigenvalue weighted by molar-refractivity contribution is -0.132. The minimum absolute atomic E-state index is 0.123. The minimum Gasteiger partial charge on any atom is -0.444 e. The second-order valence-electron chi connectivity index (χ2n) is 11.3. The third-order valence-corrected chi connectivity index (χ3v) is 7.28. The van der Waals surface area contributed by atoms with E-state index >= 15 is 0 Å². The zero-order valence-corrected chi connectivity index (χ0v) is 22.8. The molecule has 0 unspecified atom stereocenters. The van der Waals surface area contributed by atoms with Crippen molar-refractivity contribution < 1.29 is 23.1 Å². The predicted molar refractivity (Wildman–Crippen MR) is 145 cm³/mol. The van der Waals surface area contributed by atoms with Crippen LogP contribution in [0.2, 0.25) is 0 Å². The molecule has 6 nitrogen and oxygen atoms in total. The molecular weight excluding hydrogens is 500 g/mol. The number of amides is 2. The fourth-order valence-electron chi connectivity index (χ4n) is 5.20. The highest BCUT2D eigenvalue weighted by Crippen LogP contribution is 2.40. The third kappa shape index (κ3) is 6.54. The largest absolute Gasteiger partial charge is 0.444 e. The average molecular weight is 534 g/mol. The predicted octanol–water partition coefficient (Wildman–Crippen LogP) is 6.31. The maximum Gasteiger partial charge on any atom is 0.410 e. The Kier molecular flexibility index (Phi) is 7.91. The normalized spacial score (nSPS) is 15.1. The Morgan fingerprint density at radius 3 is 2.28 bits per heavy atom. The maximum absolute atomic E-state index is 13.8. The summed E-state index contributed by atoms with van der Waals surface area (Å²) in [6.45, 7) is 6.50. The van der Waals surface area contributed by atoms with Crippen LogP contribution in [0.25, 0.3) is 10.8 Å². The van der Waals surface area contributed by atoms with Gasteiger partial charge in [0.25, 0.3) is 0 Å². The van der Waals surface area contributed by atoms with Gasteiger partial charge in [-0.05, 0) is 91.9 Å². The van der Waals surface area contributed by atoms with Gasteiger partial charge in [0.1, 0.15) is 17.2 Å². The Morgan fingerprint density at radius 2 is 1.67 bits per heavy atom. The van der Waals surface area contributed by atoms with Gasteiger partial charge in [-0.3, -0.25) is 4.79 Å². The lowest BCUT2D eigenvalue weighted by Crippen LogP contribution is -2.48. The van der Waals surface area contributed by atoms with E-state index in [0.717, 1.165) is 16.5 Å². The SMILES string of the molecule is CN(Cc1cc(C#N)cc2cc(F)ccc12)C(=O)CC1(c2ccc(F)cc2)CCN(C(=O)OC(C)(C)C)CC1. The maximum atomic E-state index is 13.8. The molecule has 0 aliphatic carbocycles. The second kappa shape index (κ2) is 11.0. The molecule has 1 saturated heterocycles. The van der Waals surface area contributed by atoms with Crippen LogP contribution < -0.4 is 0 Å². The molecular formula is C31H33F2N3O3. The number of fused-ring (bicyclic) bond motifs is 1. The molecule has 3 aromatic rings. The molecule has 39 heavy (non-hydrogen) atoms. The number of carbonyl (C=O) groups is 2. The molecule has 1 heterocycles. The molecule has 204 valence electrons. The zero-order valence-electron chi connectivity index (χ0n) is 22.8. The molecule has 0 N–H and O–H groups in total. The quantitative estimate of drug-likeness (QED) is 0.385. The van der Waals surface area contributed by atoms with Crippen LogP contribution in [0, 0.1) is 23.0 Å². The molecule has 8 heteroatoms. The molecule has 0 saturated carbocycles. The van der Waals surface area contributed by atoms with E-state index in [9.17, 15) is 23.6 Å².